The van der Waals surface area contributed by atoms with Crippen molar-refractivity contribution in [3.63, 3.8) is 0 Å². The standard InChI is InChI=1S/C45H27N3OS/c1-4-13-28(14-5-1)37-25-32(27-40-41(37)35-19-10-11-22-39(35)50-40)31-23-24-33-34-20-12-21-36(42(34)49-38(33)26-31)45-47-43(29-15-6-2-7-16-29)46-44(48-45)30-17-8-3-9-18-30/h1-27H/i1D,4D,5D,13D,14D. The van der Waals surface area contributed by atoms with Crippen LogP contribution < -0.4 is 0 Å². The van der Waals surface area contributed by atoms with Gasteiger partial charge in [-0.15, -0.1) is 11.3 Å². The van der Waals surface area contributed by atoms with E-state index in [2.05, 4.69) is 6.07 Å². The van der Waals surface area contributed by atoms with Gasteiger partial charge in [-0.3, -0.25) is 0 Å². The van der Waals surface area contributed by atoms with Gasteiger partial charge in [0.2, 0.25) is 0 Å². The summed E-state index contributed by atoms with van der Waals surface area (Å²) in [5, 5.41) is 3.68. The minimum absolute atomic E-state index is 0.179. The summed E-state index contributed by atoms with van der Waals surface area (Å²) in [5.74, 6) is 1.62. The van der Waals surface area contributed by atoms with Crippen LogP contribution in [0.15, 0.2) is 168 Å². The van der Waals surface area contributed by atoms with E-state index >= 15 is 0 Å². The molecule has 10 rings (SSSR count). The fourth-order valence-electron chi connectivity index (χ4n) is 6.69. The number of hydrogen-bond donors (Lipinski definition) is 0. The SMILES string of the molecule is [2H]c1c([2H])c([2H])c(-c2cc(-c3ccc4c(c3)oc3c(-c5nc(-c6ccccc6)nc(-c6ccccc6)n5)cccc34)cc3sc4ccccc4c23)c([2H])c1[2H]. The lowest BCUT2D eigenvalue weighted by molar-refractivity contribution is 0.669. The summed E-state index contributed by atoms with van der Waals surface area (Å²) in [4.78, 5) is 14.8. The third-order valence-corrected chi connectivity index (χ3v) is 10.1. The molecule has 0 bridgehead atoms. The first kappa shape index (κ1) is 23.8. The quantitative estimate of drug-likeness (QED) is 0.184. The summed E-state index contributed by atoms with van der Waals surface area (Å²) in [7, 11) is 0. The highest BCUT2D eigenvalue weighted by molar-refractivity contribution is 7.26. The summed E-state index contributed by atoms with van der Waals surface area (Å²) >= 11 is 1.61. The second-order valence-corrected chi connectivity index (χ2v) is 13.1. The fraction of sp³-hybridized carbons (Fsp3) is 0. The lowest BCUT2D eigenvalue weighted by Crippen LogP contribution is -2.00. The van der Waals surface area contributed by atoms with E-state index < -0.39 is 6.04 Å². The zero-order valence-corrected chi connectivity index (χ0v) is 27.2. The van der Waals surface area contributed by atoms with Gasteiger partial charge in [-0.05, 0) is 58.7 Å². The van der Waals surface area contributed by atoms with Crippen LogP contribution in [-0.2, 0) is 0 Å². The molecular formula is C45H27N3OS. The van der Waals surface area contributed by atoms with Crippen LogP contribution in [0.2, 0.25) is 0 Å². The van der Waals surface area contributed by atoms with Crippen molar-refractivity contribution in [1.82, 2.24) is 15.0 Å². The summed E-state index contributed by atoms with van der Waals surface area (Å²) in [6.07, 6.45) is 0. The largest absolute Gasteiger partial charge is 0.455 e. The Morgan fingerprint density at radius 2 is 1.14 bits per heavy atom. The van der Waals surface area contributed by atoms with E-state index in [1.165, 1.54) is 0 Å². The third-order valence-electron chi connectivity index (χ3n) is 9.02. The zero-order chi connectivity index (χ0) is 37.4. The van der Waals surface area contributed by atoms with Crippen LogP contribution in [-0.4, -0.2) is 15.0 Å². The molecule has 0 N–H and O–H groups in total. The number of rotatable bonds is 5. The Balaban J connectivity index is 1.17. The zero-order valence-electron chi connectivity index (χ0n) is 31.4. The lowest BCUT2D eigenvalue weighted by atomic mass is 9.94. The van der Waals surface area contributed by atoms with Gasteiger partial charge in [0.15, 0.2) is 17.5 Å². The second kappa shape index (κ2) is 11.6. The van der Waals surface area contributed by atoms with Crippen molar-refractivity contribution in [1.29, 1.82) is 0 Å². The van der Waals surface area contributed by atoms with Crippen LogP contribution >= 0.6 is 11.3 Å². The first-order valence-corrected chi connectivity index (χ1v) is 17.0. The van der Waals surface area contributed by atoms with Crippen LogP contribution in [0, 0.1) is 0 Å². The number of fused-ring (bicyclic) bond motifs is 6. The molecule has 3 aromatic heterocycles. The lowest BCUT2D eigenvalue weighted by Gasteiger charge is -2.09. The van der Waals surface area contributed by atoms with Crippen LogP contribution in [0.3, 0.4) is 0 Å². The van der Waals surface area contributed by atoms with Gasteiger partial charge in [0.05, 0.1) is 12.4 Å². The average molecular weight is 663 g/mol. The molecule has 5 heteroatoms. The van der Waals surface area contributed by atoms with Gasteiger partial charge in [-0.1, -0.05) is 127 Å². The predicted molar refractivity (Wildman–Crippen MR) is 207 cm³/mol. The summed E-state index contributed by atoms with van der Waals surface area (Å²) in [6.45, 7) is 0. The highest BCUT2D eigenvalue weighted by atomic mass is 32.1. The highest BCUT2D eigenvalue weighted by Gasteiger charge is 2.19. The van der Waals surface area contributed by atoms with Gasteiger partial charge in [0.25, 0.3) is 0 Å². The summed E-state index contributed by atoms with van der Waals surface area (Å²) in [5.41, 5.74) is 6.28. The van der Waals surface area contributed by atoms with E-state index in [1.54, 1.807) is 11.3 Å². The van der Waals surface area contributed by atoms with Gasteiger partial charge in [0.1, 0.15) is 11.2 Å². The van der Waals surface area contributed by atoms with Crippen LogP contribution in [0.4, 0.5) is 0 Å². The molecule has 0 radical (unpaired) electrons. The van der Waals surface area contributed by atoms with Crippen LogP contribution in [0.25, 0.3) is 98.5 Å². The molecule has 50 heavy (non-hydrogen) atoms. The van der Waals surface area contributed by atoms with Gasteiger partial charge >= 0.3 is 0 Å². The Hall–Kier alpha value is -6.43. The minimum atomic E-state index is -0.416. The van der Waals surface area contributed by atoms with E-state index in [0.717, 1.165) is 58.8 Å². The average Bonchev–Trinajstić information content (AvgIpc) is 3.81. The smallest absolute Gasteiger partial charge is 0.167 e. The van der Waals surface area contributed by atoms with Crippen molar-refractivity contribution in [3.8, 4) is 56.4 Å². The predicted octanol–water partition coefficient (Wildman–Crippen LogP) is 12.5. The van der Waals surface area contributed by atoms with E-state index in [9.17, 15) is 0 Å². The molecule has 0 aliphatic rings. The fourth-order valence-corrected chi connectivity index (χ4v) is 7.86. The number of nitrogens with zero attached hydrogens (tertiary/aromatic N) is 3. The van der Waals surface area contributed by atoms with Crippen LogP contribution in [0.5, 0.6) is 0 Å². The van der Waals surface area contributed by atoms with Crippen LogP contribution in [0.1, 0.15) is 6.85 Å². The maximum atomic E-state index is 8.87. The van der Waals surface area contributed by atoms with E-state index in [0.29, 0.717) is 34.2 Å². The molecule has 0 saturated carbocycles. The molecule has 7 aromatic carbocycles. The summed E-state index contributed by atoms with van der Waals surface area (Å²) in [6, 6.07) is 42.2. The molecule has 0 fully saturated rings. The summed E-state index contributed by atoms with van der Waals surface area (Å²) < 4.78 is 51.5. The van der Waals surface area contributed by atoms with E-state index in [1.807, 2.05) is 127 Å². The molecule has 10 aromatic rings. The molecule has 234 valence electrons. The number of benzene rings is 7. The molecule has 0 spiro atoms. The van der Waals surface area contributed by atoms with Crippen molar-refractivity contribution in [2.45, 2.75) is 0 Å². The number of hydrogen-bond acceptors (Lipinski definition) is 5. The number of thiophene rings is 1. The molecule has 0 amide bonds. The minimum Gasteiger partial charge on any atom is -0.455 e. The molecular weight excluding hydrogens is 631 g/mol. The second-order valence-electron chi connectivity index (χ2n) is 12.0. The molecule has 0 aliphatic heterocycles. The van der Waals surface area contributed by atoms with Gasteiger partial charge in [-0.2, -0.15) is 0 Å². The Morgan fingerprint density at radius 3 is 1.90 bits per heavy atom. The first-order chi connectivity index (χ1) is 26.8. The Labute approximate surface area is 299 Å². The first-order valence-electron chi connectivity index (χ1n) is 18.7. The Morgan fingerprint density at radius 1 is 0.460 bits per heavy atom. The number of para-hydroxylation sites is 1. The normalized spacial score (nSPS) is 13.0. The van der Waals surface area contributed by atoms with Crippen molar-refractivity contribution < 1.29 is 11.3 Å². The van der Waals surface area contributed by atoms with E-state index in [-0.39, 0.29) is 29.7 Å². The van der Waals surface area contributed by atoms with Crippen molar-refractivity contribution in [2.75, 3.05) is 0 Å². The maximum absolute atomic E-state index is 8.87. The molecule has 4 nitrogen and oxygen atoms in total. The maximum Gasteiger partial charge on any atom is 0.167 e. The molecule has 0 unspecified atom stereocenters. The van der Waals surface area contributed by atoms with Gasteiger partial charge in [-0.25, -0.2) is 15.0 Å². The molecule has 3 heterocycles. The van der Waals surface area contributed by atoms with E-state index in [4.69, 9.17) is 26.2 Å². The third kappa shape index (κ3) is 4.79. The van der Waals surface area contributed by atoms with Crippen molar-refractivity contribution in [2.24, 2.45) is 0 Å². The van der Waals surface area contributed by atoms with Crippen molar-refractivity contribution in [3.05, 3.63) is 164 Å². The Bertz CT molecular complexity index is 3080. The molecule has 0 atom stereocenters. The number of furan rings is 1. The topological polar surface area (TPSA) is 51.8 Å². The molecule has 0 aliphatic carbocycles. The van der Waals surface area contributed by atoms with Gasteiger partial charge in [0, 0.05) is 42.1 Å². The Kier molecular flexibility index (Phi) is 5.54. The molecule has 0 saturated heterocycles. The van der Waals surface area contributed by atoms with Crippen molar-refractivity contribution >= 4 is 53.4 Å². The van der Waals surface area contributed by atoms with Gasteiger partial charge < -0.3 is 4.42 Å². The number of aromatic nitrogens is 3. The highest BCUT2D eigenvalue weighted by Crippen LogP contribution is 2.44. The monoisotopic (exact) mass is 662 g/mol.